The van der Waals surface area contributed by atoms with E-state index in [1.807, 2.05) is 13.0 Å². The third-order valence-corrected chi connectivity index (χ3v) is 4.51. The van der Waals surface area contributed by atoms with Crippen LogP contribution in [0, 0.1) is 35.8 Å². The summed E-state index contributed by atoms with van der Waals surface area (Å²) in [7, 11) is 0. The summed E-state index contributed by atoms with van der Waals surface area (Å²) in [5.74, 6) is -1.71. The van der Waals surface area contributed by atoms with Gasteiger partial charge < -0.3 is 10.2 Å². The van der Waals surface area contributed by atoms with E-state index in [1.165, 1.54) is 4.90 Å². The Labute approximate surface area is 150 Å². The average molecular weight is 356 g/mol. The third-order valence-electron chi connectivity index (χ3n) is 4.51. The Morgan fingerprint density at radius 2 is 2.12 bits per heavy atom. The van der Waals surface area contributed by atoms with E-state index < -0.39 is 17.6 Å². The molecule has 0 unspecified atom stereocenters. The predicted octanol–water partition coefficient (Wildman–Crippen LogP) is 3.40. The molecule has 134 valence electrons. The highest BCUT2D eigenvalue weighted by Crippen LogP contribution is 2.29. The standard InChI is InChI=1S/C19H18F2N4O/c1-12-4-2-6-23-18(12)24-19(26)14-5-3-7-25(11-14)17-15(20)8-13(10-22)9-16(17)21/h2,4,6,8-9,14H,3,5,7,11H2,1H3,(H,23,24,26)/t14-/m0/s1. The zero-order valence-corrected chi connectivity index (χ0v) is 14.3. The third kappa shape index (κ3) is 3.64. The molecule has 2 heterocycles. The van der Waals surface area contributed by atoms with Crippen molar-refractivity contribution < 1.29 is 13.6 Å². The summed E-state index contributed by atoms with van der Waals surface area (Å²) in [6, 6.07) is 7.38. The number of anilines is 2. The van der Waals surface area contributed by atoms with Crippen LogP contribution in [0.4, 0.5) is 20.3 Å². The van der Waals surface area contributed by atoms with E-state index in [4.69, 9.17) is 5.26 Å². The Balaban J connectivity index is 1.77. The molecule has 0 bridgehead atoms. The fourth-order valence-corrected chi connectivity index (χ4v) is 3.16. The summed E-state index contributed by atoms with van der Waals surface area (Å²) in [5.41, 5.74) is 0.592. The van der Waals surface area contributed by atoms with E-state index in [0.29, 0.717) is 25.2 Å². The smallest absolute Gasteiger partial charge is 0.230 e. The molecule has 0 aliphatic carbocycles. The molecule has 1 aromatic heterocycles. The van der Waals surface area contributed by atoms with Crippen molar-refractivity contribution in [2.45, 2.75) is 19.8 Å². The van der Waals surface area contributed by atoms with Crippen LogP contribution in [-0.4, -0.2) is 24.0 Å². The van der Waals surface area contributed by atoms with Crippen molar-refractivity contribution in [3.63, 3.8) is 0 Å². The van der Waals surface area contributed by atoms with Crippen molar-refractivity contribution >= 4 is 17.4 Å². The molecule has 1 aromatic carbocycles. The van der Waals surface area contributed by atoms with E-state index in [-0.39, 0.29) is 23.7 Å². The summed E-state index contributed by atoms with van der Waals surface area (Å²) in [5, 5.41) is 11.6. The molecule has 1 amide bonds. The van der Waals surface area contributed by atoms with Gasteiger partial charge in [0.2, 0.25) is 5.91 Å². The average Bonchev–Trinajstić information content (AvgIpc) is 2.63. The highest BCUT2D eigenvalue weighted by Gasteiger charge is 2.29. The maximum Gasteiger partial charge on any atom is 0.230 e. The lowest BCUT2D eigenvalue weighted by Crippen LogP contribution is -2.41. The van der Waals surface area contributed by atoms with Gasteiger partial charge >= 0.3 is 0 Å². The maximum absolute atomic E-state index is 14.3. The number of aromatic nitrogens is 1. The van der Waals surface area contributed by atoms with Gasteiger partial charge in [0.25, 0.3) is 0 Å². The van der Waals surface area contributed by atoms with Crippen LogP contribution in [0.3, 0.4) is 0 Å². The van der Waals surface area contributed by atoms with Crippen molar-refractivity contribution in [3.05, 3.63) is 53.2 Å². The van der Waals surface area contributed by atoms with Crippen LogP contribution < -0.4 is 10.2 Å². The van der Waals surface area contributed by atoms with Gasteiger partial charge in [-0.3, -0.25) is 4.79 Å². The topological polar surface area (TPSA) is 69.0 Å². The van der Waals surface area contributed by atoms with Crippen LogP contribution >= 0.6 is 0 Å². The molecule has 0 saturated carbocycles. The number of carbonyl (C=O) groups is 1. The van der Waals surface area contributed by atoms with Gasteiger partial charge in [0.1, 0.15) is 11.5 Å². The summed E-state index contributed by atoms with van der Waals surface area (Å²) in [6.07, 6.45) is 2.86. The van der Waals surface area contributed by atoms with Crippen LogP contribution in [0.5, 0.6) is 0 Å². The number of halogens is 2. The Morgan fingerprint density at radius 1 is 1.38 bits per heavy atom. The Morgan fingerprint density at radius 3 is 2.77 bits per heavy atom. The number of rotatable bonds is 3. The number of nitriles is 1. The number of piperidine rings is 1. The van der Waals surface area contributed by atoms with Gasteiger partial charge in [-0.25, -0.2) is 13.8 Å². The maximum atomic E-state index is 14.3. The lowest BCUT2D eigenvalue weighted by Gasteiger charge is -2.34. The molecule has 0 radical (unpaired) electrons. The molecule has 0 spiro atoms. The van der Waals surface area contributed by atoms with Crippen LogP contribution in [0.2, 0.25) is 0 Å². The second kappa shape index (κ2) is 7.48. The molecule has 1 aliphatic rings. The summed E-state index contributed by atoms with van der Waals surface area (Å²) in [6.45, 7) is 2.50. The number of nitrogens with one attached hydrogen (secondary N) is 1. The molecule has 1 saturated heterocycles. The number of hydrogen-bond donors (Lipinski definition) is 1. The highest BCUT2D eigenvalue weighted by atomic mass is 19.1. The van der Waals surface area contributed by atoms with Gasteiger partial charge in [-0.2, -0.15) is 5.26 Å². The van der Waals surface area contributed by atoms with Crippen LogP contribution in [0.15, 0.2) is 30.5 Å². The molecule has 1 aliphatic heterocycles. The van der Waals surface area contributed by atoms with Gasteiger partial charge in [0.05, 0.1) is 17.6 Å². The lowest BCUT2D eigenvalue weighted by molar-refractivity contribution is -0.120. The molecule has 1 atom stereocenters. The Bertz CT molecular complexity index is 855. The Kier molecular flexibility index (Phi) is 5.12. The van der Waals surface area contributed by atoms with E-state index in [1.54, 1.807) is 18.3 Å². The number of amides is 1. The second-order valence-electron chi connectivity index (χ2n) is 6.34. The molecule has 3 rings (SSSR count). The van der Waals surface area contributed by atoms with Gasteiger partial charge in [-0.15, -0.1) is 0 Å². The number of hydrogen-bond acceptors (Lipinski definition) is 4. The molecule has 5 nitrogen and oxygen atoms in total. The van der Waals surface area contributed by atoms with E-state index >= 15 is 0 Å². The zero-order chi connectivity index (χ0) is 18.7. The molecule has 2 aromatic rings. The minimum absolute atomic E-state index is 0.0688. The Hall–Kier alpha value is -3.01. The summed E-state index contributed by atoms with van der Waals surface area (Å²) < 4.78 is 28.5. The first-order chi connectivity index (χ1) is 12.5. The molecular formula is C19H18F2N4O. The van der Waals surface area contributed by atoms with Gasteiger partial charge in [0.15, 0.2) is 11.6 Å². The summed E-state index contributed by atoms with van der Waals surface area (Å²) >= 11 is 0. The second-order valence-corrected chi connectivity index (χ2v) is 6.34. The molecular weight excluding hydrogens is 338 g/mol. The quantitative estimate of drug-likeness (QED) is 0.915. The van der Waals surface area contributed by atoms with Crippen molar-refractivity contribution in [3.8, 4) is 6.07 Å². The number of benzene rings is 1. The van der Waals surface area contributed by atoms with Gasteiger partial charge in [-0.1, -0.05) is 6.07 Å². The van der Waals surface area contributed by atoms with Crippen molar-refractivity contribution in [2.75, 3.05) is 23.3 Å². The van der Waals surface area contributed by atoms with Crippen molar-refractivity contribution in [1.29, 1.82) is 5.26 Å². The fraction of sp³-hybridized carbons (Fsp3) is 0.316. The minimum Gasteiger partial charge on any atom is -0.366 e. The predicted molar refractivity (Wildman–Crippen MR) is 93.6 cm³/mol. The van der Waals surface area contributed by atoms with Crippen LogP contribution in [0.25, 0.3) is 0 Å². The molecule has 7 heteroatoms. The van der Waals surface area contributed by atoms with Crippen LogP contribution in [0.1, 0.15) is 24.0 Å². The summed E-state index contributed by atoms with van der Waals surface area (Å²) in [4.78, 5) is 18.2. The largest absolute Gasteiger partial charge is 0.366 e. The highest BCUT2D eigenvalue weighted by molar-refractivity contribution is 5.92. The molecule has 1 fully saturated rings. The van der Waals surface area contributed by atoms with E-state index in [9.17, 15) is 13.6 Å². The first kappa shape index (κ1) is 17.8. The van der Waals surface area contributed by atoms with Crippen LogP contribution in [-0.2, 0) is 4.79 Å². The SMILES string of the molecule is Cc1cccnc1NC(=O)[C@H]1CCCN(c2c(F)cc(C#N)cc2F)C1. The molecule has 1 N–H and O–H groups in total. The zero-order valence-electron chi connectivity index (χ0n) is 14.3. The number of aryl methyl sites for hydroxylation is 1. The van der Waals surface area contributed by atoms with Crippen molar-refractivity contribution in [1.82, 2.24) is 4.98 Å². The van der Waals surface area contributed by atoms with E-state index in [2.05, 4.69) is 10.3 Å². The number of carbonyl (C=O) groups excluding carboxylic acids is 1. The fourth-order valence-electron chi connectivity index (χ4n) is 3.16. The minimum atomic E-state index is -0.789. The van der Waals surface area contributed by atoms with E-state index in [0.717, 1.165) is 17.7 Å². The van der Waals surface area contributed by atoms with Gasteiger partial charge in [-0.05, 0) is 43.5 Å². The first-order valence-corrected chi connectivity index (χ1v) is 8.36. The van der Waals surface area contributed by atoms with Crippen molar-refractivity contribution in [2.24, 2.45) is 5.92 Å². The monoisotopic (exact) mass is 356 g/mol. The number of nitrogens with zero attached hydrogens (tertiary/aromatic N) is 3. The lowest BCUT2D eigenvalue weighted by atomic mass is 9.96. The van der Waals surface area contributed by atoms with Gasteiger partial charge in [0, 0.05) is 19.3 Å². The first-order valence-electron chi connectivity index (χ1n) is 8.36. The molecule has 26 heavy (non-hydrogen) atoms. The number of pyridine rings is 1. The normalized spacial score (nSPS) is 16.8.